The highest BCUT2D eigenvalue weighted by atomic mass is 35.5. The Morgan fingerprint density at radius 1 is 1.23 bits per heavy atom. The fraction of sp³-hybridized carbons (Fsp3) is 0.278. The molecule has 0 aliphatic heterocycles. The number of rotatable bonds is 4. The van der Waals surface area contributed by atoms with Crippen LogP contribution in [0.4, 0.5) is 5.69 Å². The summed E-state index contributed by atoms with van der Waals surface area (Å²) in [5, 5.41) is 3.61. The predicted molar refractivity (Wildman–Crippen MR) is 88.7 cm³/mol. The van der Waals surface area contributed by atoms with E-state index in [4.69, 9.17) is 16.3 Å². The summed E-state index contributed by atoms with van der Waals surface area (Å²) >= 11 is 6.08. The number of ether oxygens (including phenoxy) is 1. The molecule has 4 heteroatoms. The van der Waals surface area contributed by atoms with Gasteiger partial charge in [0.1, 0.15) is 5.75 Å². The number of nitrogens with one attached hydrogen (secondary N) is 1. The lowest BCUT2D eigenvalue weighted by Crippen LogP contribution is -2.14. The van der Waals surface area contributed by atoms with Crippen molar-refractivity contribution < 1.29 is 9.53 Å². The van der Waals surface area contributed by atoms with E-state index in [1.807, 2.05) is 43.3 Å². The molecule has 1 fully saturated rings. The molecular formula is C18H18ClNO2. The zero-order valence-corrected chi connectivity index (χ0v) is 13.4. The quantitative estimate of drug-likeness (QED) is 0.908. The van der Waals surface area contributed by atoms with Crippen molar-refractivity contribution >= 4 is 23.2 Å². The topological polar surface area (TPSA) is 38.3 Å². The second-order valence-corrected chi connectivity index (χ2v) is 6.08. The van der Waals surface area contributed by atoms with Gasteiger partial charge in [0, 0.05) is 16.6 Å². The molecule has 22 heavy (non-hydrogen) atoms. The van der Waals surface area contributed by atoms with Gasteiger partial charge in [0.25, 0.3) is 0 Å². The Hall–Kier alpha value is -2.00. The second-order valence-electron chi connectivity index (χ2n) is 5.68. The van der Waals surface area contributed by atoms with E-state index in [0.717, 1.165) is 23.4 Å². The van der Waals surface area contributed by atoms with Gasteiger partial charge in [0.2, 0.25) is 5.91 Å². The molecule has 0 saturated heterocycles. The average Bonchev–Trinajstić information content (AvgIpc) is 3.32. The molecule has 0 aromatic heterocycles. The number of benzene rings is 2. The van der Waals surface area contributed by atoms with E-state index in [2.05, 4.69) is 5.32 Å². The van der Waals surface area contributed by atoms with E-state index < -0.39 is 0 Å². The van der Waals surface area contributed by atoms with Gasteiger partial charge in [-0.15, -0.1) is 0 Å². The van der Waals surface area contributed by atoms with Gasteiger partial charge < -0.3 is 10.1 Å². The first-order chi connectivity index (χ1) is 10.6. The van der Waals surface area contributed by atoms with Gasteiger partial charge in [-0.25, -0.2) is 0 Å². The molecule has 0 spiro atoms. The second kappa shape index (κ2) is 6.01. The molecule has 1 aliphatic carbocycles. The van der Waals surface area contributed by atoms with Crippen LogP contribution in [0, 0.1) is 12.8 Å². The van der Waals surface area contributed by atoms with Crippen LogP contribution in [0.1, 0.15) is 23.5 Å². The Balaban J connectivity index is 1.63. The van der Waals surface area contributed by atoms with Crippen LogP contribution < -0.4 is 10.1 Å². The first-order valence-corrected chi connectivity index (χ1v) is 7.67. The summed E-state index contributed by atoms with van der Waals surface area (Å²) in [6.45, 7) is 1.94. The first kappa shape index (κ1) is 14.9. The van der Waals surface area contributed by atoms with Crippen LogP contribution in [-0.2, 0) is 4.79 Å². The fourth-order valence-corrected chi connectivity index (χ4v) is 2.79. The Morgan fingerprint density at radius 2 is 1.95 bits per heavy atom. The summed E-state index contributed by atoms with van der Waals surface area (Å²) in [5.41, 5.74) is 2.94. The molecule has 3 rings (SSSR count). The smallest absolute Gasteiger partial charge is 0.228 e. The van der Waals surface area contributed by atoms with Crippen LogP contribution >= 0.6 is 11.6 Å². The van der Waals surface area contributed by atoms with E-state index in [9.17, 15) is 4.79 Å². The van der Waals surface area contributed by atoms with Crippen LogP contribution in [0.3, 0.4) is 0 Å². The van der Waals surface area contributed by atoms with Crippen molar-refractivity contribution in [2.24, 2.45) is 5.92 Å². The minimum atomic E-state index is 0.0356. The minimum Gasteiger partial charge on any atom is -0.497 e. The highest BCUT2D eigenvalue weighted by molar-refractivity contribution is 6.31. The molecule has 114 valence electrons. The number of carbonyl (C=O) groups excluding carboxylic acids is 1. The molecule has 2 unspecified atom stereocenters. The molecule has 1 aliphatic rings. The highest BCUT2D eigenvalue weighted by Crippen LogP contribution is 2.48. The number of anilines is 1. The Labute approximate surface area is 135 Å². The van der Waals surface area contributed by atoms with Crippen molar-refractivity contribution in [2.45, 2.75) is 19.3 Å². The van der Waals surface area contributed by atoms with Crippen LogP contribution in [0.5, 0.6) is 5.75 Å². The normalized spacial score (nSPS) is 19.6. The van der Waals surface area contributed by atoms with Gasteiger partial charge in [0.15, 0.2) is 0 Å². The van der Waals surface area contributed by atoms with Crippen LogP contribution in [0.2, 0.25) is 5.02 Å². The van der Waals surface area contributed by atoms with Crippen LogP contribution in [0.25, 0.3) is 0 Å². The highest BCUT2D eigenvalue weighted by Gasteiger charge is 2.43. The lowest BCUT2D eigenvalue weighted by atomic mass is 10.1. The summed E-state index contributed by atoms with van der Waals surface area (Å²) in [5.74, 6) is 1.22. The van der Waals surface area contributed by atoms with E-state index >= 15 is 0 Å². The SMILES string of the molecule is COc1ccc(C2CC2C(=O)Nc2ccc(C)c(Cl)c2)cc1. The standard InChI is InChI=1S/C18H18ClNO2/c1-11-3-6-13(9-17(11)19)20-18(21)16-10-15(16)12-4-7-14(22-2)8-5-12/h3-9,15-16H,10H2,1-2H3,(H,20,21). The maximum Gasteiger partial charge on any atom is 0.228 e. The molecule has 2 atom stereocenters. The molecule has 2 aromatic carbocycles. The molecule has 3 nitrogen and oxygen atoms in total. The molecule has 2 aromatic rings. The van der Waals surface area contributed by atoms with Crippen molar-refractivity contribution in [3.05, 3.63) is 58.6 Å². The van der Waals surface area contributed by atoms with Crippen molar-refractivity contribution in [2.75, 3.05) is 12.4 Å². The Morgan fingerprint density at radius 3 is 2.59 bits per heavy atom. The molecule has 1 N–H and O–H groups in total. The van der Waals surface area contributed by atoms with Gasteiger partial charge in [-0.05, 0) is 54.7 Å². The molecule has 1 saturated carbocycles. The van der Waals surface area contributed by atoms with Crippen molar-refractivity contribution in [3.63, 3.8) is 0 Å². The largest absolute Gasteiger partial charge is 0.497 e. The van der Waals surface area contributed by atoms with Gasteiger partial charge in [-0.2, -0.15) is 0 Å². The lowest BCUT2D eigenvalue weighted by molar-refractivity contribution is -0.117. The molecule has 0 heterocycles. The summed E-state index contributed by atoms with van der Waals surface area (Å²) in [7, 11) is 1.65. The number of halogens is 1. The number of methoxy groups -OCH3 is 1. The fourth-order valence-electron chi connectivity index (χ4n) is 2.61. The van der Waals surface area contributed by atoms with Crippen molar-refractivity contribution in [1.29, 1.82) is 0 Å². The molecule has 1 amide bonds. The predicted octanol–water partition coefficient (Wildman–Crippen LogP) is 4.40. The van der Waals surface area contributed by atoms with Gasteiger partial charge in [-0.1, -0.05) is 29.8 Å². The lowest BCUT2D eigenvalue weighted by Gasteiger charge is -2.07. The van der Waals surface area contributed by atoms with Crippen molar-refractivity contribution in [1.82, 2.24) is 0 Å². The third-order valence-electron chi connectivity index (χ3n) is 4.11. The molecule has 0 radical (unpaired) electrons. The van der Waals surface area contributed by atoms with E-state index in [1.165, 1.54) is 5.56 Å². The summed E-state index contributed by atoms with van der Waals surface area (Å²) < 4.78 is 5.15. The first-order valence-electron chi connectivity index (χ1n) is 7.29. The summed E-state index contributed by atoms with van der Waals surface area (Å²) in [6.07, 6.45) is 0.887. The monoisotopic (exact) mass is 315 g/mol. The van der Waals surface area contributed by atoms with Gasteiger partial charge >= 0.3 is 0 Å². The maximum atomic E-state index is 12.3. The van der Waals surface area contributed by atoms with Crippen LogP contribution in [0.15, 0.2) is 42.5 Å². The zero-order chi connectivity index (χ0) is 15.7. The van der Waals surface area contributed by atoms with Gasteiger partial charge in [0.05, 0.1) is 7.11 Å². The number of hydrogen-bond acceptors (Lipinski definition) is 2. The number of amides is 1. The molecular weight excluding hydrogens is 298 g/mol. The van der Waals surface area contributed by atoms with Crippen LogP contribution in [-0.4, -0.2) is 13.0 Å². The third kappa shape index (κ3) is 3.09. The molecule has 0 bridgehead atoms. The van der Waals surface area contributed by atoms with E-state index in [0.29, 0.717) is 10.9 Å². The number of carbonyl (C=O) groups is 1. The van der Waals surface area contributed by atoms with Crippen molar-refractivity contribution in [3.8, 4) is 5.75 Å². The average molecular weight is 316 g/mol. The summed E-state index contributed by atoms with van der Waals surface area (Å²) in [4.78, 5) is 12.3. The zero-order valence-electron chi connectivity index (χ0n) is 12.6. The maximum absolute atomic E-state index is 12.3. The Bertz CT molecular complexity index is 697. The minimum absolute atomic E-state index is 0.0356. The number of hydrogen-bond donors (Lipinski definition) is 1. The van der Waals surface area contributed by atoms with E-state index in [1.54, 1.807) is 13.2 Å². The third-order valence-corrected chi connectivity index (χ3v) is 4.52. The number of aryl methyl sites for hydroxylation is 1. The Kier molecular flexibility index (Phi) is 4.08. The van der Waals surface area contributed by atoms with Gasteiger partial charge in [-0.3, -0.25) is 4.79 Å². The van der Waals surface area contributed by atoms with E-state index in [-0.39, 0.29) is 11.8 Å². The summed E-state index contributed by atoms with van der Waals surface area (Å²) in [6, 6.07) is 13.5.